The van der Waals surface area contributed by atoms with E-state index >= 15 is 0 Å². The zero-order valence-electron chi connectivity index (χ0n) is 18.9. The first kappa shape index (κ1) is 54.0. The minimum absolute atomic E-state index is 0. The lowest BCUT2D eigenvalue weighted by Gasteiger charge is -2.11. The fourth-order valence-corrected chi connectivity index (χ4v) is 1.63. The maximum Gasteiger partial charge on any atom is 0.347 e. The first-order chi connectivity index (χ1) is 13.5. The Hall–Kier alpha value is -2.12. The molecule has 0 bridgehead atoms. The van der Waals surface area contributed by atoms with Gasteiger partial charge in [0.15, 0.2) is 0 Å². The molecule has 8 heteroatoms. The van der Waals surface area contributed by atoms with Gasteiger partial charge < -0.3 is 19.3 Å². The lowest BCUT2D eigenvalue weighted by atomic mass is 10.1. The average Bonchev–Trinajstić information content (AvgIpc) is 3.11. The summed E-state index contributed by atoms with van der Waals surface area (Å²) in [5, 5.41) is 8.18. The molecule has 1 aliphatic heterocycles. The average molecular weight is 515 g/mol. The Bertz CT molecular complexity index is 505. The van der Waals surface area contributed by atoms with Gasteiger partial charge in [-0.15, -0.1) is 0 Å². The summed E-state index contributed by atoms with van der Waals surface area (Å²) < 4.78 is 14.4. The van der Waals surface area contributed by atoms with Crippen molar-refractivity contribution < 1.29 is 38.5 Å². The molecular weight excluding hydrogens is 452 g/mol. The molecule has 0 radical (unpaired) electrons. The Balaban J connectivity index is -0.0000000501. The van der Waals surface area contributed by atoms with Gasteiger partial charge in [-0.25, -0.2) is 4.79 Å². The highest BCUT2D eigenvalue weighted by molar-refractivity contribution is 5.81. The Morgan fingerprint density at radius 3 is 1.49 bits per heavy atom. The van der Waals surface area contributed by atoms with Crippen LogP contribution < -0.4 is 0 Å². The molecule has 0 amide bonds. The third-order valence-electron chi connectivity index (χ3n) is 4.50. The van der Waals surface area contributed by atoms with Crippen molar-refractivity contribution in [2.75, 3.05) is 13.2 Å². The van der Waals surface area contributed by atoms with E-state index in [0.29, 0.717) is 19.6 Å². The van der Waals surface area contributed by atoms with E-state index in [4.69, 9.17) is 14.6 Å². The highest BCUT2D eigenvalue weighted by Crippen LogP contribution is 2.13. The summed E-state index contributed by atoms with van der Waals surface area (Å²) in [4.78, 5) is 42.8. The molecule has 1 heterocycles. The van der Waals surface area contributed by atoms with E-state index in [1.54, 1.807) is 13.8 Å². The fourth-order valence-electron chi connectivity index (χ4n) is 1.63. The predicted octanol–water partition coefficient (Wildman–Crippen LogP) is 7.42. The quantitative estimate of drug-likeness (QED) is 0.263. The van der Waals surface area contributed by atoms with Crippen molar-refractivity contribution in [3.8, 4) is 0 Å². The number of hydrogen-bond acceptors (Lipinski definition) is 7. The smallest absolute Gasteiger partial charge is 0.347 e. The van der Waals surface area contributed by atoms with Crippen LogP contribution in [-0.4, -0.2) is 48.3 Å². The van der Waals surface area contributed by atoms with Crippen molar-refractivity contribution in [2.24, 2.45) is 17.8 Å². The second-order valence-electron chi connectivity index (χ2n) is 6.90. The molecule has 218 valence electrons. The standard InChI is InChI=1S/C9H14O4.C7H14O2.C5H10O2.6CH4/c1-3-6(2)8(10)13-7-4-5-12-9(7)11;1-4-6(3)7(8)9-5-2;1-3-4(2)5(6)7;;;;;;/h6-7H,3-5H2,1-2H3;6H,4-5H2,1-3H3;4H,3H2,1-2H3,(H,6,7);6*1H4. The number of ether oxygens (including phenoxy) is 3. The van der Waals surface area contributed by atoms with Crippen LogP contribution in [0, 0.1) is 17.8 Å². The van der Waals surface area contributed by atoms with Crippen molar-refractivity contribution in [1.29, 1.82) is 0 Å². The lowest BCUT2D eigenvalue weighted by Crippen LogP contribution is -2.25. The number of aliphatic carboxylic acids is 1. The van der Waals surface area contributed by atoms with E-state index in [9.17, 15) is 19.2 Å². The summed E-state index contributed by atoms with van der Waals surface area (Å²) >= 11 is 0. The molecule has 1 rings (SSSR count). The fraction of sp³-hybridized carbons (Fsp3) is 0.852. The Labute approximate surface area is 218 Å². The number of hydrogen-bond donors (Lipinski definition) is 1. The minimum atomic E-state index is -0.706. The largest absolute Gasteiger partial charge is 0.481 e. The summed E-state index contributed by atoms with van der Waals surface area (Å²) in [5.41, 5.74) is 0. The molecular formula is C27H62O8. The van der Waals surface area contributed by atoms with Crippen LogP contribution in [0.1, 0.15) is 119 Å². The van der Waals surface area contributed by atoms with E-state index < -0.39 is 18.0 Å². The van der Waals surface area contributed by atoms with Crippen molar-refractivity contribution in [1.82, 2.24) is 0 Å². The van der Waals surface area contributed by atoms with Gasteiger partial charge in [-0.1, -0.05) is 86.1 Å². The maximum absolute atomic E-state index is 11.2. The van der Waals surface area contributed by atoms with Crippen molar-refractivity contribution in [2.45, 2.75) is 125 Å². The second-order valence-corrected chi connectivity index (χ2v) is 6.90. The van der Waals surface area contributed by atoms with E-state index in [-0.39, 0.29) is 74.3 Å². The number of carbonyl (C=O) groups is 4. The van der Waals surface area contributed by atoms with Crippen molar-refractivity contribution in [3.05, 3.63) is 0 Å². The van der Waals surface area contributed by atoms with Gasteiger partial charge in [-0.05, 0) is 26.2 Å². The van der Waals surface area contributed by atoms with Crippen LogP contribution in [0.4, 0.5) is 0 Å². The van der Waals surface area contributed by atoms with E-state index in [1.807, 2.05) is 34.6 Å². The molecule has 4 unspecified atom stereocenters. The summed E-state index contributed by atoms with van der Waals surface area (Å²) in [6.07, 6.45) is 2.12. The molecule has 8 nitrogen and oxygen atoms in total. The highest BCUT2D eigenvalue weighted by Gasteiger charge is 2.31. The van der Waals surface area contributed by atoms with Gasteiger partial charge in [0.1, 0.15) is 0 Å². The molecule has 1 N–H and O–H groups in total. The van der Waals surface area contributed by atoms with Gasteiger partial charge in [0, 0.05) is 6.42 Å². The number of cyclic esters (lactones) is 1. The van der Waals surface area contributed by atoms with Crippen LogP contribution in [0.2, 0.25) is 0 Å². The predicted molar refractivity (Wildman–Crippen MR) is 148 cm³/mol. The first-order valence-electron chi connectivity index (χ1n) is 10.3. The van der Waals surface area contributed by atoms with Crippen molar-refractivity contribution >= 4 is 23.9 Å². The second kappa shape index (κ2) is 31.9. The van der Waals surface area contributed by atoms with Crippen LogP contribution in [0.3, 0.4) is 0 Å². The van der Waals surface area contributed by atoms with E-state index in [0.717, 1.165) is 19.3 Å². The number of carboxylic acid groups (broad SMARTS) is 1. The minimum Gasteiger partial charge on any atom is -0.481 e. The molecule has 1 aliphatic rings. The van der Waals surface area contributed by atoms with Crippen molar-refractivity contribution in [3.63, 3.8) is 0 Å². The van der Waals surface area contributed by atoms with Crippen LogP contribution in [-0.2, 0) is 33.4 Å². The lowest BCUT2D eigenvalue weighted by molar-refractivity contribution is -0.162. The number of carbonyl (C=O) groups excluding carboxylic acids is 3. The highest BCUT2D eigenvalue weighted by atomic mass is 16.6. The Kier molecular flexibility index (Phi) is 49.2. The first-order valence-corrected chi connectivity index (χ1v) is 10.3. The Morgan fingerprint density at radius 1 is 0.829 bits per heavy atom. The summed E-state index contributed by atoms with van der Waals surface area (Å²) in [6, 6.07) is 0. The maximum atomic E-state index is 11.2. The monoisotopic (exact) mass is 514 g/mol. The van der Waals surface area contributed by atoms with Crippen LogP contribution in [0.15, 0.2) is 0 Å². The van der Waals surface area contributed by atoms with Gasteiger partial charge in [0.25, 0.3) is 0 Å². The number of esters is 3. The summed E-state index contributed by atoms with van der Waals surface area (Å²) in [5.74, 6) is -1.79. The van der Waals surface area contributed by atoms with E-state index in [2.05, 4.69) is 4.74 Å². The third kappa shape index (κ3) is 26.3. The molecule has 4 atom stereocenters. The SMILES string of the molecule is C.C.C.C.C.C.CCC(C)C(=O)O.CCC(C)C(=O)OC1CCOC1=O.CCOC(=O)C(C)CC. The van der Waals surface area contributed by atoms with Crippen LogP contribution in [0.25, 0.3) is 0 Å². The normalized spacial score (nSPS) is 14.8. The van der Waals surface area contributed by atoms with Gasteiger partial charge in [-0.3, -0.25) is 14.4 Å². The van der Waals surface area contributed by atoms with Gasteiger partial charge in [0.2, 0.25) is 6.10 Å². The molecule has 0 aromatic carbocycles. The molecule has 1 saturated heterocycles. The zero-order chi connectivity index (χ0) is 23.0. The van der Waals surface area contributed by atoms with Gasteiger partial charge >= 0.3 is 23.9 Å². The number of carboxylic acids is 1. The molecule has 0 spiro atoms. The van der Waals surface area contributed by atoms with Crippen LogP contribution in [0.5, 0.6) is 0 Å². The molecule has 0 aromatic rings. The number of rotatable bonds is 8. The van der Waals surface area contributed by atoms with E-state index in [1.165, 1.54) is 0 Å². The Morgan fingerprint density at radius 2 is 1.23 bits per heavy atom. The summed E-state index contributed by atoms with van der Waals surface area (Å²) in [6.45, 7) is 13.8. The molecule has 35 heavy (non-hydrogen) atoms. The zero-order valence-corrected chi connectivity index (χ0v) is 18.9. The topological polar surface area (TPSA) is 116 Å². The molecule has 0 aliphatic carbocycles. The van der Waals surface area contributed by atoms with Crippen LogP contribution >= 0.6 is 0 Å². The van der Waals surface area contributed by atoms with Gasteiger partial charge in [-0.2, -0.15) is 0 Å². The van der Waals surface area contributed by atoms with Gasteiger partial charge in [0.05, 0.1) is 31.0 Å². The summed E-state index contributed by atoms with van der Waals surface area (Å²) in [7, 11) is 0. The molecule has 0 aromatic heterocycles. The third-order valence-corrected chi connectivity index (χ3v) is 4.50. The molecule has 0 saturated carbocycles. The molecule has 1 fully saturated rings.